The molecule has 1 aliphatic rings. The Balaban J connectivity index is 1.54. The molecule has 0 radical (unpaired) electrons. The molecule has 0 atom stereocenters. The number of hydrogen-bond acceptors (Lipinski definition) is 6. The van der Waals surface area contributed by atoms with Gasteiger partial charge in [-0.25, -0.2) is 19.9 Å². The molecule has 0 unspecified atom stereocenters. The van der Waals surface area contributed by atoms with Crippen LogP contribution in [0.5, 0.6) is 0 Å². The molecular formula is C16H16N6. The van der Waals surface area contributed by atoms with Crippen LogP contribution in [0, 0.1) is 0 Å². The molecule has 6 heteroatoms. The lowest BCUT2D eigenvalue weighted by Crippen LogP contribution is -2.31. The fourth-order valence-electron chi connectivity index (χ4n) is 2.83. The van der Waals surface area contributed by atoms with E-state index >= 15 is 0 Å². The van der Waals surface area contributed by atoms with Crippen LogP contribution in [0.25, 0.3) is 11.0 Å². The summed E-state index contributed by atoms with van der Waals surface area (Å²) in [6.45, 7) is 2.58. The van der Waals surface area contributed by atoms with E-state index in [4.69, 9.17) is 5.73 Å². The third kappa shape index (κ3) is 2.48. The Labute approximate surface area is 128 Å². The topological polar surface area (TPSA) is 80.8 Å². The Hall–Kier alpha value is -2.60. The summed E-state index contributed by atoms with van der Waals surface area (Å²) in [6, 6.07) is 8.10. The average Bonchev–Trinajstić information content (AvgIpc) is 2.55. The lowest BCUT2D eigenvalue weighted by molar-refractivity contribution is 0.240. The van der Waals surface area contributed by atoms with Gasteiger partial charge in [0.2, 0.25) is 5.95 Å². The number of nitrogens with two attached hydrogens (primary N) is 1. The SMILES string of the molecule is Nc1ncc2c(n1)CCN(Cc1ccc3cccnc3n1)C2. The molecule has 3 aromatic rings. The first-order chi connectivity index (χ1) is 10.8. The van der Waals surface area contributed by atoms with Crippen LogP contribution in [0.3, 0.4) is 0 Å². The lowest BCUT2D eigenvalue weighted by Gasteiger charge is -2.27. The first-order valence-corrected chi connectivity index (χ1v) is 7.31. The summed E-state index contributed by atoms with van der Waals surface area (Å²) in [5.74, 6) is 0.356. The molecule has 0 spiro atoms. The molecule has 1 aliphatic heterocycles. The molecule has 6 nitrogen and oxygen atoms in total. The highest BCUT2D eigenvalue weighted by molar-refractivity contribution is 5.74. The summed E-state index contributed by atoms with van der Waals surface area (Å²) in [7, 11) is 0. The Morgan fingerprint density at radius 3 is 3.05 bits per heavy atom. The van der Waals surface area contributed by atoms with E-state index in [2.05, 4.69) is 37.0 Å². The van der Waals surface area contributed by atoms with Crippen LogP contribution >= 0.6 is 0 Å². The molecule has 22 heavy (non-hydrogen) atoms. The molecule has 110 valence electrons. The lowest BCUT2D eigenvalue weighted by atomic mass is 10.1. The van der Waals surface area contributed by atoms with Crippen LogP contribution in [0.4, 0.5) is 5.95 Å². The van der Waals surface area contributed by atoms with Crippen LogP contribution in [0.1, 0.15) is 17.0 Å². The first-order valence-electron chi connectivity index (χ1n) is 7.31. The molecule has 2 N–H and O–H groups in total. The van der Waals surface area contributed by atoms with Crippen molar-refractivity contribution in [1.29, 1.82) is 0 Å². The second kappa shape index (κ2) is 5.31. The van der Waals surface area contributed by atoms with E-state index < -0.39 is 0 Å². The number of anilines is 1. The number of rotatable bonds is 2. The van der Waals surface area contributed by atoms with Gasteiger partial charge in [-0.1, -0.05) is 0 Å². The van der Waals surface area contributed by atoms with Gasteiger partial charge in [0.05, 0.1) is 11.4 Å². The van der Waals surface area contributed by atoms with Crippen molar-refractivity contribution in [1.82, 2.24) is 24.8 Å². The molecule has 4 heterocycles. The van der Waals surface area contributed by atoms with Crippen molar-refractivity contribution >= 4 is 17.0 Å². The molecule has 0 saturated carbocycles. The van der Waals surface area contributed by atoms with Gasteiger partial charge < -0.3 is 5.73 Å². The van der Waals surface area contributed by atoms with Gasteiger partial charge in [-0.3, -0.25) is 4.90 Å². The monoisotopic (exact) mass is 292 g/mol. The third-order valence-corrected chi connectivity index (χ3v) is 3.94. The van der Waals surface area contributed by atoms with Crippen molar-refractivity contribution in [3.8, 4) is 0 Å². The van der Waals surface area contributed by atoms with Crippen molar-refractivity contribution in [2.24, 2.45) is 0 Å². The Morgan fingerprint density at radius 2 is 2.09 bits per heavy atom. The zero-order valence-electron chi connectivity index (χ0n) is 12.1. The van der Waals surface area contributed by atoms with Gasteiger partial charge in [0.1, 0.15) is 0 Å². The molecule has 0 saturated heterocycles. The molecule has 0 amide bonds. The maximum Gasteiger partial charge on any atom is 0.220 e. The zero-order chi connectivity index (χ0) is 14.9. The van der Waals surface area contributed by atoms with E-state index in [9.17, 15) is 0 Å². The molecular weight excluding hydrogens is 276 g/mol. The predicted octanol–water partition coefficient (Wildman–Crippen LogP) is 1.56. The summed E-state index contributed by atoms with van der Waals surface area (Å²) >= 11 is 0. The van der Waals surface area contributed by atoms with Crippen LogP contribution in [0.2, 0.25) is 0 Å². The Kier molecular flexibility index (Phi) is 3.16. The van der Waals surface area contributed by atoms with Gasteiger partial charge in [0.25, 0.3) is 0 Å². The molecule has 0 bridgehead atoms. The van der Waals surface area contributed by atoms with E-state index in [-0.39, 0.29) is 0 Å². The fourth-order valence-corrected chi connectivity index (χ4v) is 2.83. The number of hydrogen-bond donors (Lipinski definition) is 1. The molecule has 0 aliphatic carbocycles. The van der Waals surface area contributed by atoms with Crippen LogP contribution in [0.15, 0.2) is 36.7 Å². The van der Waals surface area contributed by atoms with E-state index in [0.717, 1.165) is 54.0 Å². The third-order valence-electron chi connectivity index (χ3n) is 3.94. The second-order valence-electron chi connectivity index (χ2n) is 5.51. The maximum absolute atomic E-state index is 5.64. The van der Waals surface area contributed by atoms with Crippen molar-refractivity contribution < 1.29 is 0 Å². The first kappa shape index (κ1) is 13.1. The van der Waals surface area contributed by atoms with Crippen molar-refractivity contribution in [3.63, 3.8) is 0 Å². The normalized spacial score (nSPS) is 14.9. The summed E-state index contributed by atoms with van der Waals surface area (Å²) in [4.78, 5) is 19.7. The number of nitrogen functional groups attached to an aromatic ring is 1. The quantitative estimate of drug-likeness (QED) is 0.772. The molecule has 4 rings (SSSR count). The van der Waals surface area contributed by atoms with Crippen LogP contribution < -0.4 is 5.73 Å². The van der Waals surface area contributed by atoms with Crippen molar-refractivity contribution in [3.05, 3.63) is 53.6 Å². The van der Waals surface area contributed by atoms with Gasteiger partial charge >= 0.3 is 0 Å². The van der Waals surface area contributed by atoms with Crippen molar-refractivity contribution in [2.45, 2.75) is 19.5 Å². The number of aromatic nitrogens is 4. The van der Waals surface area contributed by atoms with E-state index in [1.54, 1.807) is 6.20 Å². The largest absolute Gasteiger partial charge is 0.368 e. The molecule has 0 fully saturated rings. The number of fused-ring (bicyclic) bond motifs is 2. The number of pyridine rings is 2. The van der Waals surface area contributed by atoms with E-state index in [0.29, 0.717) is 5.95 Å². The highest BCUT2D eigenvalue weighted by atomic mass is 15.1. The minimum atomic E-state index is 0.356. The standard InChI is InChI=1S/C16H16N6/c17-16-19-8-12-9-22(7-5-14(12)21-16)10-13-4-3-11-2-1-6-18-15(11)20-13/h1-4,6,8H,5,7,9-10H2,(H2,17,19,21). The highest BCUT2D eigenvalue weighted by Gasteiger charge is 2.18. The smallest absolute Gasteiger partial charge is 0.220 e. The zero-order valence-corrected chi connectivity index (χ0v) is 12.1. The Bertz CT molecular complexity index is 832. The highest BCUT2D eigenvalue weighted by Crippen LogP contribution is 2.19. The number of nitrogens with zero attached hydrogens (tertiary/aromatic N) is 5. The average molecular weight is 292 g/mol. The van der Waals surface area contributed by atoms with Gasteiger partial charge in [-0.2, -0.15) is 0 Å². The summed E-state index contributed by atoms with van der Waals surface area (Å²) in [5.41, 5.74) is 9.69. The van der Waals surface area contributed by atoms with Gasteiger partial charge in [-0.05, 0) is 24.3 Å². The fraction of sp³-hybridized carbons (Fsp3) is 0.250. The van der Waals surface area contributed by atoms with Crippen LogP contribution in [-0.4, -0.2) is 31.4 Å². The van der Waals surface area contributed by atoms with Gasteiger partial charge in [0.15, 0.2) is 5.65 Å². The predicted molar refractivity (Wildman–Crippen MR) is 83.8 cm³/mol. The summed E-state index contributed by atoms with van der Waals surface area (Å²) in [5, 5.41) is 1.07. The summed E-state index contributed by atoms with van der Waals surface area (Å²) in [6.07, 6.45) is 4.51. The van der Waals surface area contributed by atoms with Gasteiger partial charge in [-0.15, -0.1) is 0 Å². The van der Waals surface area contributed by atoms with E-state index in [1.807, 2.05) is 18.3 Å². The minimum absolute atomic E-state index is 0.356. The minimum Gasteiger partial charge on any atom is -0.368 e. The van der Waals surface area contributed by atoms with Crippen molar-refractivity contribution in [2.75, 3.05) is 12.3 Å². The maximum atomic E-state index is 5.64. The molecule has 0 aromatic carbocycles. The van der Waals surface area contributed by atoms with Gasteiger partial charge in [0, 0.05) is 49.4 Å². The Morgan fingerprint density at radius 1 is 1.14 bits per heavy atom. The van der Waals surface area contributed by atoms with E-state index in [1.165, 1.54) is 0 Å². The second-order valence-corrected chi connectivity index (χ2v) is 5.51. The molecule has 3 aromatic heterocycles. The summed E-state index contributed by atoms with van der Waals surface area (Å²) < 4.78 is 0. The van der Waals surface area contributed by atoms with Crippen LogP contribution in [-0.2, 0) is 19.5 Å².